The molecule has 36 heavy (non-hydrogen) atoms. The fourth-order valence-corrected chi connectivity index (χ4v) is 5.34. The van der Waals surface area contributed by atoms with Gasteiger partial charge in [-0.2, -0.15) is 4.57 Å². The van der Waals surface area contributed by atoms with Gasteiger partial charge in [0, 0.05) is 11.6 Å². The molecule has 1 atom stereocenters. The summed E-state index contributed by atoms with van der Waals surface area (Å²) in [4.78, 5) is 10.3. The monoisotopic (exact) mass is 532 g/mol. The van der Waals surface area contributed by atoms with Crippen molar-refractivity contribution in [2.24, 2.45) is 0 Å². The second-order valence-electron chi connectivity index (χ2n) is 9.00. The standard InChI is InChI=1S/C28H38NO5PS/c1-2-3-4-5-6-7-8-9-10-11-19-32-26-15-13-17-28(22-26)34-35(30,31)33-27-16-12-14-25(21-27)23-29-18-20-36-24-29/h12-18,20-22,24H,2-11,19,23H2,1H3/p+1. The Morgan fingerprint density at radius 2 is 1.44 bits per heavy atom. The maximum Gasteiger partial charge on any atom is 0.584 e. The zero-order valence-corrected chi connectivity index (χ0v) is 22.9. The van der Waals surface area contributed by atoms with Crippen LogP contribution in [-0.2, 0) is 11.1 Å². The Bertz CT molecular complexity index is 1060. The van der Waals surface area contributed by atoms with E-state index in [1.54, 1.807) is 47.7 Å². The summed E-state index contributed by atoms with van der Waals surface area (Å²) in [7, 11) is -4.36. The van der Waals surface area contributed by atoms with Crippen LogP contribution in [0.2, 0.25) is 0 Å². The molecule has 0 saturated carbocycles. The lowest BCUT2D eigenvalue weighted by Crippen LogP contribution is -2.30. The van der Waals surface area contributed by atoms with Crippen molar-refractivity contribution in [3.05, 3.63) is 71.2 Å². The number of hydrogen-bond acceptors (Lipinski definition) is 5. The summed E-state index contributed by atoms with van der Waals surface area (Å²) in [6.45, 7) is 3.51. The summed E-state index contributed by atoms with van der Waals surface area (Å²) < 4.78 is 31.1. The molecule has 196 valence electrons. The average Bonchev–Trinajstić information content (AvgIpc) is 3.35. The third-order valence-corrected chi connectivity index (χ3v) is 7.36. The van der Waals surface area contributed by atoms with Gasteiger partial charge in [-0.15, -0.1) is 0 Å². The molecule has 3 rings (SSSR count). The molecule has 0 fully saturated rings. The van der Waals surface area contributed by atoms with Crippen molar-refractivity contribution in [2.75, 3.05) is 6.61 Å². The number of unbranched alkanes of at least 4 members (excludes halogenated alkanes) is 9. The summed E-state index contributed by atoms with van der Waals surface area (Å²) >= 11 is 1.60. The molecule has 0 bridgehead atoms. The van der Waals surface area contributed by atoms with Gasteiger partial charge in [-0.1, -0.05) is 94.2 Å². The number of benzene rings is 2. The van der Waals surface area contributed by atoms with Crippen LogP contribution in [0.4, 0.5) is 0 Å². The Morgan fingerprint density at radius 1 is 0.833 bits per heavy atom. The summed E-state index contributed by atoms with van der Waals surface area (Å²) in [5, 5.41) is 1.99. The molecule has 1 aromatic heterocycles. The van der Waals surface area contributed by atoms with Crippen molar-refractivity contribution in [3.63, 3.8) is 0 Å². The second kappa shape index (κ2) is 15.7. The summed E-state index contributed by atoms with van der Waals surface area (Å²) in [5.74, 6) is 1.12. The first-order valence-corrected chi connectivity index (χ1v) is 15.4. The Labute approximate surface area is 219 Å². The van der Waals surface area contributed by atoms with Crippen molar-refractivity contribution >= 4 is 19.2 Å². The lowest BCUT2D eigenvalue weighted by atomic mass is 10.1. The van der Waals surface area contributed by atoms with Crippen molar-refractivity contribution in [1.29, 1.82) is 0 Å². The zero-order valence-electron chi connectivity index (χ0n) is 21.2. The highest BCUT2D eigenvalue weighted by molar-refractivity contribution is 7.48. The maximum absolute atomic E-state index is 12.6. The van der Waals surface area contributed by atoms with Gasteiger partial charge >= 0.3 is 7.82 Å². The molecule has 1 N–H and O–H groups in total. The van der Waals surface area contributed by atoms with Crippen LogP contribution in [0.15, 0.2) is 65.6 Å². The van der Waals surface area contributed by atoms with Crippen LogP contribution < -0.4 is 18.4 Å². The predicted octanol–water partition coefficient (Wildman–Crippen LogP) is 7.94. The van der Waals surface area contributed by atoms with Gasteiger partial charge in [-0.3, -0.25) is 4.89 Å². The Balaban J connectivity index is 1.38. The molecule has 2 aromatic carbocycles. The Hall–Kier alpha value is -2.34. The van der Waals surface area contributed by atoms with Crippen molar-refractivity contribution in [3.8, 4) is 17.2 Å². The number of ether oxygens (including phenoxy) is 1. The van der Waals surface area contributed by atoms with Crippen LogP contribution >= 0.6 is 19.2 Å². The fraction of sp³-hybridized carbons (Fsp3) is 0.464. The van der Waals surface area contributed by atoms with Gasteiger partial charge in [0.1, 0.15) is 17.2 Å². The van der Waals surface area contributed by atoms with E-state index < -0.39 is 7.82 Å². The summed E-state index contributed by atoms with van der Waals surface area (Å²) in [6.07, 6.45) is 14.7. The number of thiazole rings is 1. The first kappa shape index (κ1) is 28.2. The van der Waals surface area contributed by atoms with Gasteiger partial charge in [0.05, 0.1) is 12.0 Å². The highest BCUT2D eigenvalue weighted by Gasteiger charge is 2.25. The van der Waals surface area contributed by atoms with Crippen LogP contribution in [-0.4, -0.2) is 11.5 Å². The second-order valence-corrected chi connectivity index (χ2v) is 11.1. The molecule has 0 radical (unpaired) electrons. The SMILES string of the molecule is CCCCCCCCCCCCOc1cccc(OP(=O)(O)Oc2cccc(C[n+]3ccsc3)c2)c1. The van der Waals surface area contributed by atoms with Crippen LogP contribution in [0.5, 0.6) is 17.2 Å². The van der Waals surface area contributed by atoms with E-state index in [1.807, 2.05) is 33.8 Å². The van der Waals surface area contributed by atoms with Gasteiger partial charge in [-0.25, -0.2) is 4.57 Å². The lowest BCUT2D eigenvalue weighted by molar-refractivity contribution is -0.683. The molecule has 8 heteroatoms. The minimum Gasteiger partial charge on any atom is -0.493 e. The number of phosphoric ester groups is 1. The summed E-state index contributed by atoms with van der Waals surface area (Å²) in [5.41, 5.74) is 2.96. The van der Waals surface area contributed by atoms with E-state index in [1.165, 1.54) is 51.4 Å². The number of nitrogens with zero attached hydrogens (tertiary/aromatic N) is 1. The minimum atomic E-state index is -4.36. The topological polar surface area (TPSA) is 68.9 Å². The number of hydrogen-bond donors (Lipinski definition) is 1. The number of rotatable bonds is 18. The Kier molecular flexibility index (Phi) is 12.3. The first-order valence-electron chi connectivity index (χ1n) is 13.0. The minimum absolute atomic E-state index is 0.228. The van der Waals surface area contributed by atoms with Crippen molar-refractivity contribution in [2.45, 2.75) is 77.7 Å². The van der Waals surface area contributed by atoms with Crippen molar-refractivity contribution in [1.82, 2.24) is 0 Å². The first-order chi connectivity index (χ1) is 17.5. The molecule has 0 spiro atoms. The molecular formula is C28H39NO5PS+. The van der Waals surface area contributed by atoms with E-state index in [-0.39, 0.29) is 11.5 Å². The maximum atomic E-state index is 12.6. The van der Waals surface area contributed by atoms with E-state index in [9.17, 15) is 9.46 Å². The smallest absolute Gasteiger partial charge is 0.493 e. The molecule has 0 aliphatic carbocycles. The molecule has 1 heterocycles. The van der Waals surface area contributed by atoms with Gasteiger partial charge in [0.15, 0.2) is 12.7 Å². The molecule has 1 unspecified atom stereocenters. The van der Waals surface area contributed by atoms with Gasteiger partial charge in [-0.05, 0) is 30.7 Å². The highest BCUT2D eigenvalue weighted by atomic mass is 32.1. The largest absolute Gasteiger partial charge is 0.584 e. The van der Waals surface area contributed by atoms with Crippen molar-refractivity contribution < 1.29 is 27.8 Å². The molecule has 0 amide bonds. The fourth-order valence-electron chi connectivity index (χ4n) is 3.95. The highest BCUT2D eigenvalue weighted by Crippen LogP contribution is 2.45. The van der Waals surface area contributed by atoms with E-state index in [4.69, 9.17) is 13.8 Å². The Morgan fingerprint density at radius 3 is 2.11 bits per heavy atom. The predicted molar refractivity (Wildman–Crippen MR) is 145 cm³/mol. The van der Waals surface area contributed by atoms with E-state index >= 15 is 0 Å². The molecule has 0 aliphatic rings. The molecule has 0 saturated heterocycles. The van der Waals surface area contributed by atoms with Crippen LogP contribution in [0.1, 0.15) is 76.7 Å². The lowest BCUT2D eigenvalue weighted by Gasteiger charge is -2.15. The quantitative estimate of drug-likeness (QED) is 0.102. The molecule has 0 aliphatic heterocycles. The normalized spacial score (nSPS) is 12.7. The van der Waals surface area contributed by atoms with E-state index in [2.05, 4.69) is 6.92 Å². The zero-order chi connectivity index (χ0) is 25.5. The third kappa shape index (κ3) is 11.2. The molecular weight excluding hydrogens is 493 g/mol. The molecule has 3 aromatic rings. The number of aromatic nitrogens is 1. The van der Waals surface area contributed by atoms with Gasteiger partial charge in [0.2, 0.25) is 5.51 Å². The van der Waals surface area contributed by atoms with E-state index in [0.717, 1.165) is 18.4 Å². The number of phosphoric acid groups is 1. The average molecular weight is 533 g/mol. The van der Waals surface area contributed by atoms with E-state index in [0.29, 0.717) is 18.9 Å². The van der Waals surface area contributed by atoms with Gasteiger partial charge < -0.3 is 13.8 Å². The summed E-state index contributed by atoms with van der Waals surface area (Å²) in [6, 6.07) is 13.9. The van der Waals surface area contributed by atoms with Gasteiger partial charge in [0.25, 0.3) is 0 Å². The van der Waals surface area contributed by atoms with Crippen LogP contribution in [0.25, 0.3) is 0 Å². The van der Waals surface area contributed by atoms with Crippen LogP contribution in [0.3, 0.4) is 0 Å². The van der Waals surface area contributed by atoms with Crippen LogP contribution in [0, 0.1) is 0 Å². The third-order valence-electron chi connectivity index (χ3n) is 5.80. The molecule has 6 nitrogen and oxygen atoms in total.